The summed E-state index contributed by atoms with van der Waals surface area (Å²) in [5, 5.41) is 8.06. The molecule has 0 atom stereocenters. The Morgan fingerprint density at radius 1 is 1.33 bits per heavy atom. The Hall–Kier alpha value is -2.61. The number of carbonyl (C=O) groups is 1. The summed E-state index contributed by atoms with van der Waals surface area (Å²) < 4.78 is 29.1. The number of thioether (sulfide) groups is 1. The summed E-state index contributed by atoms with van der Waals surface area (Å²) in [5.74, 6) is 0.527. The van der Waals surface area contributed by atoms with Gasteiger partial charge < -0.3 is 13.6 Å². The minimum atomic E-state index is -0.500. The molecule has 24 heavy (non-hydrogen) atoms. The molecule has 0 aliphatic heterocycles. The van der Waals surface area contributed by atoms with Gasteiger partial charge in [-0.05, 0) is 31.2 Å². The van der Waals surface area contributed by atoms with Gasteiger partial charge in [0.25, 0.3) is 11.1 Å². The maximum absolute atomic E-state index is 13.3. The average Bonchev–Trinajstić information content (AvgIpc) is 3.21. The van der Waals surface area contributed by atoms with Crippen molar-refractivity contribution in [2.45, 2.75) is 12.1 Å². The fraction of sp³-hybridized carbons (Fsp3) is 0.188. The van der Waals surface area contributed by atoms with Crippen molar-refractivity contribution in [1.29, 1.82) is 0 Å². The predicted octanol–water partition coefficient (Wildman–Crippen LogP) is 3.76. The topological polar surface area (TPSA) is 78.4 Å². The number of ether oxygens (including phenoxy) is 1. The number of aryl methyl sites for hydroxylation is 1. The highest BCUT2D eigenvalue weighted by Gasteiger charge is 2.17. The first-order chi connectivity index (χ1) is 11.6. The number of benzene rings is 1. The Balaban J connectivity index is 1.70. The van der Waals surface area contributed by atoms with Crippen molar-refractivity contribution in [3.05, 3.63) is 47.7 Å². The molecule has 0 aliphatic carbocycles. The molecule has 8 heteroatoms. The highest BCUT2D eigenvalue weighted by Crippen LogP contribution is 2.27. The van der Waals surface area contributed by atoms with Crippen molar-refractivity contribution in [2.24, 2.45) is 0 Å². The summed E-state index contributed by atoms with van der Waals surface area (Å²) in [5.41, 5.74) is 0.878. The van der Waals surface area contributed by atoms with Gasteiger partial charge in [-0.3, -0.25) is 4.79 Å². The van der Waals surface area contributed by atoms with Gasteiger partial charge in [0.15, 0.2) is 5.78 Å². The quantitative estimate of drug-likeness (QED) is 0.496. The van der Waals surface area contributed by atoms with Crippen molar-refractivity contribution < 1.29 is 22.8 Å². The number of halogens is 1. The zero-order chi connectivity index (χ0) is 17.1. The van der Waals surface area contributed by atoms with Crippen LogP contribution in [0, 0.1) is 12.7 Å². The van der Waals surface area contributed by atoms with Gasteiger partial charge in [-0.1, -0.05) is 11.8 Å². The maximum Gasteiger partial charge on any atom is 0.277 e. The van der Waals surface area contributed by atoms with Crippen LogP contribution in [-0.2, 0) is 0 Å². The molecule has 0 bridgehead atoms. The van der Waals surface area contributed by atoms with E-state index in [1.165, 1.54) is 25.5 Å². The summed E-state index contributed by atoms with van der Waals surface area (Å²) in [6.45, 7) is 1.78. The number of rotatable bonds is 6. The van der Waals surface area contributed by atoms with Gasteiger partial charge in [0.05, 0.1) is 30.3 Å². The number of hydrogen-bond donors (Lipinski definition) is 0. The third-order valence-corrected chi connectivity index (χ3v) is 4.10. The van der Waals surface area contributed by atoms with Gasteiger partial charge in [-0.2, -0.15) is 0 Å². The summed E-state index contributed by atoms with van der Waals surface area (Å²) in [4.78, 5) is 12.3. The number of ketones is 1. The Morgan fingerprint density at radius 3 is 2.88 bits per heavy atom. The van der Waals surface area contributed by atoms with E-state index >= 15 is 0 Å². The molecule has 0 fully saturated rings. The van der Waals surface area contributed by atoms with E-state index in [9.17, 15) is 9.18 Å². The third kappa shape index (κ3) is 3.33. The van der Waals surface area contributed by atoms with Crippen LogP contribution in [0.2, 0.25) is 0 Å². The second-order valence-corrected chi connectivity index (χ2v) is 5.75. The molecule has 2 heterocycles. The largest absolute Gasteiger partial charge is 0.496 e. The molecule has 0 amide bonds. The predicted molar refractivity (Wildman–Crippen MR) is 84.7 cm³/mol. The van der Waals surface area contributed by atoms with Crippen LogP contribution in [0.25, 0.3) is 11.5 Å². The number of aromatic nitrogens is 2. The second-order valence-electron chi connectivity index (χ2n) is 4.82. The van der Waals surface area contributed by atoms with Crippen LogP contribution < -0.4 is 4.74 Å². The van der Waals surface area contributed by atoms with Crippen LogP contribution in [0.1, 0.15) is 16.1 Å². The van der Waals surface area contributed by atoms with E-state index in [2.05, 4.69) is 10.2 Å². The number of methoxy groups -OCH3 is 1. The molecule has 0 spiro atoms. The molecule has 0 saturated heterocycles. The van der Waals surface area contributed by atoms with Crippen LogP contribution in [0.5, 0.6) is 5.75 Å². The number of carbonyl (C=O) groups excluding carboxylic acids is 1. The molecular formula is C16H13FN2O4S. The lowest BCUT2D eigenvalue weighted by atomic mass is 10.1. The Bertz CT molecular complexity index is 875. The number of hydrogen-bond acceptors (Lipinski definition) is 7. The molecule has 3 aromatic rings. The third-order valence-electron chi connectivity index (χ3n) is 3.28. The molecule has 6 nitrogen and oxygen atoms in total. The Morgan fingerprint density at radius 2 is 2.17 bits per heavy atom. The SMILES string of the molecule is COc1ccc(F)cc1C(=O)CSc1nnc(-c2ccoc2C)o1. The number of nitrogens with zero attached hydrogens (tertiary/aromatic N) is 2. The fourth-order valence-corrected chi connectivity index (χ4v) is 2.73. The average molecular weight is 348 g/mol. The standard InChI is InChI=1S/C16H13FN2O4S/c1-9-11(5-6-22-9)15-18-19-16(23-15)24-8-13(20)12-7-10(17)3-4-14(12)21-2/h3-7H,8H2,1-2H3. The van der Waals surface area contributed by atoms with E-state index in [0.717, 1.165) is 17.8 Å². The van der Waals surface area contributed by atoms with E-state index in [-0.39, 0.29) is 22.3 Å². The minimum absolute atomic E-state index is 0.0197. The first kappa shape index (κ1) is 16.3. The summed E-state index contributed by atoms with van der Waals surface area (Å²) in [6, 6.07) is 5.52. The van der Waals surface area contributed by atoms with Crippen molar-refractivity contribution in [2.75, 3.05) is 12.9 Å². The highest BCUT2D eigenvalue weighted by atomic mass is 32.2. The first-order valence-corrected chi connectivity index (χ1v) is 7.94. The second kappa shape index (κ2) is 6.88. The molecule has 0 radical (unpaired) electrons. The van der Waals surface area contributed by atoms with Gasteiger partial charge in [0, 0.05) is 0 Å². The van der Waals surface area contributed by atoms with E-state index in [1.807, 2.05) is 0 Å². The molecule has 0 aliphatic rings. The first-order valence-electron chi connectivity index (χ1n) is 6.96. The normalized spacial score (nSPS) is 10.8. The Kier molecular flexibility index (Phi) is 4.66. The molecule has 0 saturated carbocycles. The van der Waals surface area contributed by atoms with Crippen LogP contribution >= 0.6 is 11.8 Å². The van der Waals surface area contributed by atoms with Gasteiger partial charge in [0.1, 0.15) is 17.3 Å². The van der Waals surface area contributed by atoms with E-state index in [1.54, 1.807) is 13.0 Å². The van der Waals surface area contributed by atoms with E-state index in [4.69, 9.17) is 13.6 Å². The van der Waals surface area contributed by atoms with Crippen molar-refractivity contribution in [1.82, 2.24) is 10.2 Å². The van der Waals surface area contributed by atoms with Crippen LogP contribution in [0.4, 0.5) is 4.39 Å². The molecular weight excluding hydrogens is 335 g/mol. The van der Waals surface area contributed by atoms with Crippen LogP contribution in [0.15, 0.2) is 44.6 Å². The molecule has 2 aromatic heterocycles. The lowest BCUT2D eigenvalue weighted by Gasteiger charge is -2.06. The van der Waals surface area contributed by atoms with Crippen LogP contribution in [0.3, 0.4) is 0 Å². The molecule has 0 unspecified atom stereocenters. The maximum atomic E-state index is 13.3. The molecule has 1 aromatic carbocycles. The fourth-order valence-electron chi connectivity index (χ4n) is 2.09. The zero-order valence-electron chi connectivity index (χ0n) is 12.9. The van der Waals surface area contributed by atoms with Gasteiger partial charge >= 0.3 is 0 Å². The van der Waals surface area contributed by atoms with Gasteiger partial charge in [-0.15, -0.1) is 10.2 Å². The van der Waals surface area contributed by atoms with Gasteiger partial charge in [0.2, 0.25) is 0 Å². The lowest BCUT2D eigenvalue weighted by molar-refractivity contribution is 0.101. The van der Waals surface area contributed by atoms with Crippen molar-refractivity contribution in [3.63, 3.8) is 0 Å². The van der Waals surface area contributed by atoms with Crippen LogP contribution in [-0.4, -0.2) is 28.8 Å². The summed E-state index contributed by atoms with van der Waals surface area (Å²) in [6.07, 6.45) is 1.53. The van der Waals surface area contributed by atoms with E-state index < -0.39 is 5.82 Å². The Labute approximate surface area is 141 Å². The number of Topliss-reactive ketones (excluding diaryl/α,β-unsaturated/α-hetero) is 1. The lowest BCUT2D eigenvalue weighted by Crippen LogP contribution is -2.05. The smallest absolute Gasteiger partial charge is 0.277 e. The minimum Gasteiger partial charge on any atom is -0.496 e. The monoisotopic (exact) mass is 348 g/mol. The molecule has 3 rings (SSSR count). The van der Waals surface area contributed by atoms with Crippen molar-refractivity contribution in [3.8, 4) is 17.2 Å². The number of furan rings is 1. The zero-order valence-corrected chi connectivity index (χ0v) is 13.7. The summed E-state index contributed by atoms with van der Waals surface area (Å²) in [7, 11) is 1.43. The molecule has 0 N–H and O–H groups in total. The van der Waals surface area contributed by atoms with E-state index in [0.29, 0.717) is 23.0 Å². The van der Waals surface area contributed by atoms with Gasteiger partial charge in [-0.25, -0.2) is 4.39 Å². The van der Waals surface area contributed by atoms with Crippen molar-refractivity contribution >= 4 is 17.5 Å². The summed E-state index contributed by atoms with van der Waals surface area (Å²) >= 11 is 1.07. The molecule has 124 valence electrons. The highest BCUT2D eigenvalue weighted by molar-refractivity contribution is 7.99.